The summed E-state index contributed by atoms with van der Waals surface area (Å²) in [4.78, 5) is 40.9. The van der Waals surface area contributed by atoms with Gasteiger partial charge in [0.15, 0.2) is 0 Å². The Morgan fingerprint density at radius 1 is 0.941 bits per heavy atom. The average Bonchev–Trinajstić information content (AvgIpc) is 3.48. The van der Waals surface area contributed by atoms with Crippen LogP contribution in [0.5, 0.6) is 0 Å². The van der Waals surface area contributed by atoms with E-state index in [0.717, 1.165) is 44.1 Å². The number of nitrogens with zero attached hydrogens (tertiary/aromatic N) is 1. The number of ether oxygens (including phenoxy) is 1. The highest BCUT2D eigenvalue weighted by Crippen LogP contribution is 2.77. The van der Waals surface area contributed by atoms with Gasteiger partial charge in [0.25, 0.3) is 5.91 Å². The van der Waals surface area contributed by atoms with Gasteiger partial charge in [0.2, 0.25) is 5.91 Å². The lowest BCUT2D eigenvalue weighted by atomic mass is 9.32. The average molecular weight is 703 g/mol. The number of fused-ring (bicyclic) bond motifs is 7. The van der Waals surface area contributed by atoms with Crippen molar-refractivity contribution in [1.29, 1.82) is 0 Å². The van der Waals surface area contributed by atoms with Gasteiger partial charge in [-0.15, -0.1) is 0 Å². The van der Waals surface area contributed by atoms with Crippen LogP contribution in [-0.4, -0.2) is 60.6 Å². The van der Waals surface area contributed by atoms with Crippen molar-refractivity contribution in [2.45, 2.75) is 125 Å². The number of likely N-dealkylation sites (N-methyl/N-ethyl adjacent to an activating group) is 1. The zero-order valence-corrected chi connectivity index (χ0v) is 32.9. The maximum atomic E-state index is 14.6. The number of rotatable bonds is 9. The zero-order valence-electron chi connectivity index (χ0n) is 32.9. The predicted octanol–water partition coefficient (Wildman–Crippen LogP) is 8.00. The Morgan fingerprint density at radius 2 is 1.69 bits per heavy atom. The molecular weight excluding hydrogens is 636 g/mol. The molecule has 7 heteroatoms. The van der Waals surface area contributed by atoms with E-state index in [9.17, 15) is 19.5 Å². The molecule has 0 aromatic heterocycles. The van der Waals surface area contributed by atoms with Crippen LogP contribution in [0, 0.1) is 56.7 Å². The first-order chi connectivity index (χ1) is 24.0. The van der Waals surface area contributed by atoms with Crippen molar-refractivity contribution in [3.63, 3.8) is 0 Å². The Labute approximate surface area is 307 Å². The normalized spacial score (nSPS) is 39.4. The van der Waals surface area contributed by atoms with Crippen LogP contribution < -0.4 is 5.32 Å². The first kappa shape index (κ1) is 38.1. The van der Waals surface area contributed by atoms with Crippen LogP contribution in [0.1, 0.15) is 129 Å². The van der Waals surface area contributed by atoms with Gasteiger partial charge >= 0.3 is 5.97 Å². The van der Waals surface area contributed by atoms with Gasteiger partial charge in [-0.2, -0.15) is 0 Å². The summed E-state index contributed by atoms with van der Waals surface area (Å²) in [5, 5.41) is 14.5. The number of esters is 1. The minimum absolute atomic E-state index is 0.0559. The van der Waals surface area contributed by atoms with Crippen LogP contribution in [0.2, 0.25) is 0 Å². The third kappa shape index (κ3) is 6.00. The minimum Gasteiger partial charge on any atom is -0.465 e. The van der Waals surface area contributed by atoms with E-state index in [4.69, 9.17) is 4.74 Å². The molecule has 6 rings (SSSR count). The molecule has 10 atom stereocenters. The highest BCUT2D eigenvalue weighted by molar-refractivity contribution is 5.96. The summed E-state index contributed by atoms with van der Waals surface area (Å²) in [5.74, 6) is 1.89. The molecule has 0 bridgehead atoms. The molecule has 0 saturated heterocycles. The van der Waals surface area contributed by atoms with Gasteiger partial charge in [-0.1, -0.05) is 58.9 Å². The van der Waals surface area contributed by atoms with E-state index in [-0.39, 0.29) is 58.1 Å². The van der Waals surface area contributed by atoms with Gasteiger partial charge in [0, 0.05) is 19.2 Å². The Balaban J connectivity index is 1.19. The van der Waals surface area contributed by atoms with Crippen LogP contribution in [0.3, 0.4) is 0 Å². The van der Waals surface area contributed by atoms with Gasteiger partial charge < -0.3 is 20.1 Å². The Hall–Kier alpha value is -2.67. The minimum atomic E-state index is -0.425. The summed E-state index contributed by atoms with van der Waals surface area (Å²) in [6.45, 7) is 21.6. The fourth-order valence-electron chi connectivity index (χ4n) is 13.6. The van der Waals surface area contributed by atoms with E-state index in [1.54, 1.807) is 20.0 Å². The number of aliphatic hydroxyl groups excluding tert-OH is 1. The molecule has 2 N–H and O–H groups in total. The highest BCUT2D eigenvalue weighted by atomic mass is 16.5. The summed E-state index contributed by atoms with van der Waals surface area (Å²) < 4.78 is 5.01. The molecule has 5 aliphatic rings. The van der Waals surface area contributed by atoms with Crippen molar-refractivity contribution in [1.82, 2.24) is 10.2 Å². The third-order valence-electron chi connectivity index (χ3n) is 16.4. The van der Waals surface area contributed by atoms with Crippen molar-refractivity contribution in [3.8, 4) is 0 Å². The molecule has 2 amide bonds. The summed E-state index contributed by atoms with van der Waals surface area (Å²) in [6.07, 6.45) is 11.2. The smallest absolute Gasteiger partial charge is 0.325 e. The van der Waals surface area contributed by atoms with Crippen LogP contribution in [-0.2, 0) is 20.7 Å². The van der Waals surface area contributed by atoms with Gasteiger partial charge in [-0.25, -0.2) is 0 Å². The molecule has 0 aliphatic heterocycles. The van der Waals surface area contributed by atoms with E-state index in [1.165, 1.54) is 36.2 Å². The number of hydrogen-bond acceptors (Lipinski definition) is 5. The van der Waals surface area contributed by atoms with Crippen molar-refractivity contribution >= 4 is 17.8 Å². The molecule has 51 heavy (non-hydrogen) atoms. The van der Waals surface area contributed by atoms with E-state index in [2.05, 4.69) is 53.4 Å². The SMILES string of the molecule is C=C(C)C1CCC2(C(=O)NCCc3cccc(C(=O)N(C)CC(=O)OCC)c3)CC[C@]3(C)C(CCC4C5(C)CCC(O)C(C)(C)C5CCC43C)C12. The lowest BCUT2D eigenvalue weighted by Gasteiger charge is -2.72. The first-order valence-corrected chi connectivity index (χ1v) is 20.1. The van der Waals surface area contributed by atoms with Crippen molar-refractivity contribution in [2.24, 2.45) is 56.7 Å². The molecule has 7 nitrogen and oxygen atoms in total. The molecule has 0 radical (unpaired) electrons. The monoisotopic (exact) mass is 702 g/mol. The molecule has 9 unspecified atom stereocenters. The summed E-state index contributed by atoms with van der Waals surface area (Å²) in [6, 6.07) is 7.51. The fourth-order valence-corrected chi connectivity index (χ4v) is 13.6. The number of benzene rings is 1. The second-order valence-corrected chi connectivity index (χ2v) is 18.9. The highest BCUT2D eigenvalue weighted by Gasteiger charge is 2.71. The molecule has 5 aliphatic carbocycles. The molecule has 0 heterocycles. The number of hydrogen-bond donors (Lipinski definition) is 2. The van der Waals surface area contributed by atoms with E-state index >= 15 is 0 Å². The fraction of sp³-hybridized carbons (Fsp3) is 0.750. The standard InChI is InChI=1S/C44H66N2O5/c1-10-51-36(48)27-46(9)38(49)30-13-11-12-29(26-30)19-25-45-39(50)44-22-16-31(28(2)3)37(44)32-14-15-34-41(6)20-18-35(47)40(4,5)33(41)17-21-43(34,8)42(32,7)23-24-44/h11-13,26,31-35,37,47H,2,10,14-25,27H2,1,3-9H3,(H,45,50)/t31?,32?,33?,34?,35?,37?,41?,42-,43?,44?/m1/s1. The lowest BCUT2D eigenvalue weighted by Crippen LogP contribution is -2.67. The van der Waals surface area contributed by atoms with Crippen LogP contribution >= 0.6 is 0 Å². The summed E-state index contributed by atoms with van der Waals surface area (Å²) in [5.41, 5.74) is 2.91. The van der Waals surface area contributed by atoms with E-state index in [1.807, 2.05) is 18.2 Å². The van der Waals surface area contributed by atoms with Crippen LogP contribution in [0.15, 0.2) is 36.4 Å². The Bertz CT molecular complexity index is 1540. The van der Waals surface area contributed by atoms with Gasteiger partial charge in [0.1, 0.15) is 6.54 Å². The second-order valence-electron chi connectivity index (χ2n) is 18.9. The molecule has 1 aromatic carbocycles. The quantitative estimate of drug-likeness (QED) is 0.201. The lowest BCUT2D eigenvalue weighted by molar-refractivity contribution is -0.246. The van der Waals surface area contributed by atoms with Crippen LogP contribution in [0.4, 0.5) is 0 Å². The number of aliphatic hydroxyl groups is 1. The number of carbonyl (C=O) groups is 3. The third-order valence-corrected chi connectivity index (χ3v) is 16.4. The maximum Gasteiger partial charge on any atom is 0.325 e. The van der Waals surface area contributed by atoms with Gasteiger partial charge in [-0.05, 0) is 153 Å². The number of nitrogens with one attached hydrogen (secondary N) is 1. The summed E-state index contributed by atoms with van der Waals surface area (Å²) in [7, 11) is 1.61. The topological polar surface area (TPSA) is 95.9 Å². The Kier molecular flexibility index (Phi) is 10.2. The molecule has 0 spiro atoms. The van der Waals surface area contributed by atoms with Gasteiger partial charge in [0.05, 0.1) is 18.1 Å². The second kappa shape index (κ2) is 13.6. The van der Waals surface area contributed by atoms with E-state index < -0.39 is 5.97 Å². The van der Waals surface area contributed by atoms with Crippen molar-refractivity contribution in [3.05, 3.63) is 47.5 Å². The number of allylic oxidation sites excluding steroid dienone is 1. The van der Waals surface area contributed by atoms with E-state index in [0.29, 0.717) is 48.1 Å². The molecule has 5 fully saturated rings. The molecule has 282 valence electrons. The molecular formula is C44H66N2O5. The molecule has 1 aromatic rings. The Morgan fingerprint density at radius 3 is 2.39 bits per heavy atom. The summed E-state index contributed by atoms with van der Waals surface area (Å²) >= 11 is 0. The van der Waals surface area contributed by atoms with Gasteiger partial charge in [-0.3, -0.25) is 14.4 Å². The largest absolute Gasteiger partial charge is 0.465 e. The zero-order chi connectivity index (χ0) is 37.1. The number of amides is 2. The maximum absolute atomic E-state index is 14.6. The van der Waals surface area contributed by atoms with Crippen molar-refractivity contribution in [2.75, 3.05) is 26.7 Å². The molecule has 5 saturated carbocycles. The first-order valence-electron chi connectivity index (χ1n) is 20.1. The number of carbonyl (C=O) groups excluding carboxylic acids is 3. The van der Waals surface area contributed by atoms with Crippen LogP contribution in [0.25, 0.3) is 0 Å². The predicted molar refractivity (Wildman–Crippen MR) is 202 cm³/mol. The van der Waals surface area contributed by atoms with Crippen molar-refractivity contribution < 1.29 is 24.2 Å².